The number of hydrogen-bond acceptors (Lipinski definition) is 8. The lowest BCUT2D eigenvalue weighted by molar-refractivity contribution is -0.384. The molecule has 0 saturated carbocycles. The van der Waals surface area contributed by atoms with E-state index < -0.39 is 10.8 Å². The average Bonchev–Trinajstić information content (AvgIpc) is 3.02. The molecule has 2 aliphatic heterocycles. The summed E-state index contributed by atoms with van der Waals surface area (Å²) in [5, 5.41) is 17.0. The highest BCUT2D eigenvalue weighted by molar-refractivity contribution is 6.06. The molecule has 0 aromatic heterocycles. The Labute approximate surface area is 245 Å². The summed E-state index contributed by atoms with van der Waals surface area (Å²) in [5.74, 6) is -0.698. The number of carbonyl (C=O) groups is 2. The minimum Gasteiger partial charge on any atom is -0.379 e. The predicted molar refractivity (Wildman–Crippen MR) is 161 cm³/mol. The first-order valence-electron chi connectivity index (χ1n) is 14.3. The van der Waals surface area contributed by atoms with Gasteiger partial charge in [0.2, 0.25) is 0 Å². The third-order valence-corrected chi connectivity index (χ3v) is 7.60. The van der Waals surface area contributed by atoms with Gasteiger partial charge >= 0.3 is 0 Å². The number of non-ortho nitro benzene ring substituents is 1. The standard InChI is InChI=1S/C31H36N6O5/c38-30(25-7-4-8-27(21-25)37(40)41)33-26-9-10-29(28(22-26)31(39)32-11-12-34-17-19-42-20-18-34)36-15-13-35(14-16-36)23-24-5-2-1-3-6-24/h1-10,21-22H,11-20,23H2,(H,32,39)(H,33,38). The van der Waals surface area contributed by atoms with Crippen molar-refractivity contribution in [2.45, 2.75) is 6.54 Å². The van der Waals surface area contributed by atoms with Gasteiger partial charge in [-0.15, -0.1) is 0 Å². The summed E-state index contributed by atoms with van der Waals surface area (Å²) in [7, 11) is 0. The van der Waals surface area contributed by atoms with Crippen molar-refractivity contribution in [3.05, 3.63) is 99.6 Å². The Morgan fingerprint density at radius 2 is 1.60 bits per heavy atom. The van der Waals surface area contributed by atoms with E-state index in [1.54, 1.807) is 12.1 Å². The van der Waals surface area contributed by atoms with Gasteiger partial charge in [-0.3, -0.25) is 29.5 Å². The Morgan fingerprint density at radius 3 is 2.33 bits per heavy atom. The topological polar surface area (TPSA) is 120 Å². The molecule has 11 nitrogen and oxygen atoms in total. The Morgan fingerprint density at radius 1 is 0.833 bits per heavy atom. The molecule has 0 radical (unpaired) electrons. The lowest BCUT2D eigenvalue weighted by Gasteiger charge is -2.37. The van der Waals surface area contributed by atoms with E-state index in [4.69, 9.17) is 4.74 Å². The number of morpholine rings is 1. The molecule has 0 atom stereocenters. The van der Waals surface area contributed by atoms with E-state index in [0.29, 0.717) is 31.0 Å². The van der Waals surface area contributed by atoms with Gasteiger partial charge in [-0.05, 0) is 29.8 Å². The number of amides is 2. The molecule has 5 rings (SSSR count). The number of hydrogen-bond donors (Lipinski definition) is 2. The highest BCUT2D eigenvalue weighted by atomic mass is 16.6. The number of benzene rings is 3. The summed E-state index contributed by atoms with van der Waals surface area (Å²) in [6, 6.07) is 21.3. The van der Waals surface area contributed by atoms with E-state index in [1.807, 2.05) is 12.1 Å². The molecule has 0 aliphatic carbocycles. The Bertz CT molecular complexity index is 1390. The van der Waals surface area contributed by atoms with Crippen molar-refractivity contribution in [3.63, 3.8) is 0 Å². The quantitative estimate of drug-likeness (QED) is 0.281. The average molecular weight is 573 g/mol. The van der Waals surface area contributed by atoms with Crippen LogP contribution >= 0.6 is 0 Å². The van der Waals surface area contributed by atoms with Gasteiger partial charge in [0.15, 0.2) is 0 Å². The smallest absolute Gasteiger partial charge is 0.270 e. The minimum atomic E-state index is -0.537. The maximum atomic E-state index is 13.5. The molecule has 3 aromatic carbocycles. The number of piperazine rings is 1. The number of carbonyl (C=O) groups excluding carboxylic acids is 2. The van der Waals surface area contributed by atoms with Crippen molar-refractivity contribution in [3.8, 4) is 0 Å². The number of nitrogens with one attached hydrogen (secondary N) is 2. The predicted octanol–water partition coefficient (Wildman–Crippen LogP) is 3.23. The Balaban J connectivity index is 1.29. The molecule has 0 unspecified atom stereocenters. The summed E-state index contributed by atoms with van der Waals surface area (Å²) in [6.07, 6.45) is 0. The van der Waals surface area contributed by atoms with Gasteiger partial charge in [-0.1, -0.05) is 36.4 Å². The summed E-state index contributed by atoms with van der Waals surface area (Å²) < 4.78 is 5.41. The van der Waals surface area contributed by atoms with Crippen LogP contribution in [0.5, 0.6) is 0 Å². The summed E-state index contributed by atoms with van der Waals surface area (Å²) in [6.45, 7) is 8.42. The van der Waals surface area contributed by atoms with Crippen LogP contribution in [-0.4, -0.2) is 92.1 Å². The van der Waals surface area contributed by atoms with E-state index in [1.165, 1.54) is 29.8 Å². The zero-order chi connectivity index (χ0) is 29.3. The van der Waals surface area contributed by atoms with Crippen LogP contribution in [0.25, 0.3) is 0 Å². The molecule has 0 bridgehead atoms. The highest BCUT2D eigenvalue weighted by Gasteiger charge is 2.23. The fraction of sp³-hybridized carbons (Fsp3) is 0.355. The molecular weight excluding hydrogens is 536 g/mol. The molecule has 2 aliphatic rings. The van der Waals surface area contributed by atoms with Crippen LogP contribution in [0.1, 0.15) is 26.3 Å². The number of rotatable bonds is 10. The first kappa shape index (κ1) is 29.2. The van der Waals surface area contributed by atoms with Crippen molar-refractivity contribution in [2.75, 3.05) is 75.8 Å². The van der Waals surface area contributed by atoms with Gasteiger partial charge in [-0.25, -0.2) is 0 Å². The number of ether oxygens (including phenoxy) is 1. The molecule has 2 N–H and O–H groups in total. The molecule has 220 valence electrons. The number of nitro benzene ring substituents is 1. The Hall–Kier alpha value is -4.32. The third-order valence-electron chi connectivity index (χ3n) is 7.60. The van der Waals surface area contributed by atoms with Gasteiger partial charge in [-0.2, -0.15) is 0 Å². The normalized spacial score (nSPS) is 16.1. The van der Waals surface area contributed by atoms with Crippen LogP contribution in [0.4, 0.5) is 17.1 Å². The second kappa shape index (κ2) is 14.0. The maximum absolute atomic E-state index is 13.5. The van der Waals surface area contributed by atoms with Crippen LogP contribution < -0.4 is 15.5 Å². The number of nitrogens with zero attached hydrogens (tertiary/aromatic N) is 4. The number of anilines is 2. The highest BCUT2D eigenvalue weighted by Crippen LogP contribution is 2.27. The van der Waals surface area contributed by atoms with Crippen molar-refractivity contribution >= 4 is 28.9 Å². The second-order valence-electron chi connectivity index (χ2n) is 10.5. The van der Waals surface area contributed by atoms with Gasteiger partial charge in [0.25, 0.3) is 17.5 Å². The largest absolute Gasteiger partial charge is 0.379 e. The molecule has 2 heterocycles. The lowest BCUT2D eigenvalue weighted by atomic mass is 10.1. The Kier molecular flexibility index (Phi) is 9.75. The fourth-order valence-corrected chi connectivity index (χ4v) is 5.27. The molecular formula is C31H36N6O5. The summed E-state index contributed by atoms with van der Waals surface area (Å²) in [4.78, 5) is 43.9. The summed E-state index contributed by atoms with van der Waals surface area (Å²) in [5.41, 5.74) is 3.01. The molecule has 0 spiro atoms. The molecule has 2 fully saturated rings. The van der Waals surface area contributed by atoms with Gasteiger partial charge in [0.1, 0.15) is 0 Å². The molecule has 11 heteroatoms. The van der Waals surface area contributed by atoms with Crippen molar-refractivity contribution < 1.29 is 19.2 Å². The zero-order valence-corrected chi connectivity index (χ0v) is 23.5. The summed E-state index contributed by atoms with van der Waals surface area (Å²) >= 11 is 0. The zero-order valence-electron chi connectivity index (χ0n) is 23.5. The van der Waals surface area contributed by atoms with Crippen molar-refractivity contribution in [1.82, 2.24) is 15.1 Å². The van der Waals surface area contributed by atoms with E-state index >= 15 is 0 Å². The third kappa shape index (κ3) is 7.69. The van der Waals surface area contributed by atoms with E-state index in [-0.39, 0.29) is 17.2 Å². The van der Waals surface area contributed by atoms with Crippen LogP contribution in [-0.2, 0) is 11.3 Å². The first-order chi connectivity index (χ1) is 20.5. The molecule has 3 aromatic rings. The number of nitro groups is 1. The van der Waals surface area contributed by atoms with E-state index in [9.17, 15) is 19.7 Å². The van der Waals surface area contributed by atoms with E-state index in [0.717, 1.165) is 58.0 Å². The lowest BCUT2D eigenvalue weighted by Crippen LogP contribution is -2.46. The SMILES string of the molecule is O=C(Nc1ccc(N2CCN(Cc3ccccc3)CC2)c(C(=O)NCCN2CCOCC2)c1)c1cccc([N+](=O)[O-])c1. The van der Waals surface area contributed by atoms with Crippen LogP contribution in [0, 0.1) is 10.1 Å². The monoisotopic (exact) mass is 572 g/mol. The van der Waals surface area contributed by atoms with Gasteiger partial charge < -0.3 is 20.3 Å². The molecule has 42 heavy (non-hydrogen) atoms. The fourth-order valence-electron chi connectivity index (χ4n) is 5.27. The minimum absolute atomic E-state index is 0.162. The maximum Gasteiger partial charge on any atom is 0.270 e. The first-order valence-corrected chi connectivity index (χ1v) is 14.3. The van der Waals surface area contributed by atoms with Crippen LogP contribution in [0.3, 0.4) is 0 Å². The van der Waals surface area contributed by atoms with Crippen molar-refractivity contribution in [2.24, 2.45) is 0 Å². The van der Waals surface area contributed by atoms with Crippen LogP contribution in [0.15, 0.2) is 72.8 Å². The van der Waals surface area contributed by atoms with E-state index in [2.05, 4.69) is 49.6 Å². The molecule has 2 saturated heterocycles. The molecule has 2 amide bonds. The van der Waals surface area contributed by atoms with Crippen molar-refractivity contribution in [1.29, 1.82) is 0 Å². The van der Waals surface area contributed by atoms with Gasteiger partial charge in [0.05, 0.1) is 23.7 Å². The second-order valence-corrected chi connectivity index (χ2v) is 10.5. The van der Waals surface area contributed by atoms with Gasteiger partial charge in [0, 0.05) is 88.0 Å². The van der Waals surface area contributed by atoms with Crippen LogP contribution in [0.2, 0.25) is 0 Å².